The molecule has 0 radical (unpaired) electrons. The van der Waals surface area contributed by atoms with Gasteiger partial charge in [-0.25, -0.2) is 12.8 Å². The smallest absolute Gasteiger partial charge is 0.266 e. The van der Waals surface area contributed by atoms with E-state index in [-0.39, 0.29) is 28.9 Å². The molecular formula is C20H25Cl2FN6O2S. The van der Waals surface area contributed by atoms with Gasteiger partial charge in [0.2, 0.25) is 0 Å². The fourth-order valence-corrected chi connectivity index (χ4v) is 4.30. The molecular weight excluding hydrogens is 478 g/mol. The number of benzene rings is 2. The molecule has 3 rings (SSSR count). The highest BCUT2D eigenvalue weighted by Crippen LogP contribution is 2.34. The third kappa shape index (κ3) is 6.04. The Morgan fingerprint density at radius 2 is 1.91 bits per heavy atom. The molecule has 8 nitrogen and oxygen atoms in total. The van der Waals surface area contributed by atoms with Gasteiger partial charge >= 0.3 is 0 Å². The first-order valence-corrected chi connectivity index (χ1v) is 11.3. The molecule has 0 saturated heterocycles. The molecule has 3 aromatic rings. The van der Waals surface area contributed by atoms with Crippen LogP contribution in [0.3, 0.4) is 0 Å². The first-order valence-electron chi connectivity index (χ1n) is 9.47. The van der Waals surface area contributed by atoms with Crippen LogP contribution in [-0.4, -0.2) is 45.8 Å². The van der Waals surface area contributed by atoms with Gasteiger partial charge in [-0.3, -0.25) is 9.82 Å². The summed E-state index contributed by atoms with van der Waals surface area (Å²) in [6, 6.07) is 11.1. The summed E-state index contributed by atoms with van der Waals surface area (Å²) in [5, 5.41) is 12.7. The Hall–Kier alpha value is -2.53. The number of nitrogens with one attached hydrogen (secondary N) is 4. The van der Waals surface area contributed by atoms with Gasteiger partial charge in [0.1, 0.15) is 10.7 Å². The number of hydrogen-bond donors (Lipinski definition) is 4. The first kappa shape index (κ1) is 25.7. The van der Waals surface area contributed by atoms with Crippen LogP contribution in [0.4, 0.5) is 27.3 Å². The monoisotopic (exact) mass is 502 g/mol. The van der Waals surface area contributed by atoms with E-state index >= 15 is 0 Å². The van der Waals surface area contributed by atoms with Crippen molar-refractivity contribution in [1.82, 2.24) is 15.5 Å². The van der Waals surface area contributed by atoms with E-state index in [2.05, 4.69) is 25.6 Å². The van der Waals surface area contributed by atoms with Gasteiger partial charge in [0.15, 0.2) is 5.82 Å². The fraction of sp³-hybridized carbons (Fsp3) is 0.250. The second-order valence-electron chi connectivity index (χ2n) is 6.97. The van der Waals surface area contributed by atoms with Crippen LogP contribution < -0.4 is 20.3 Å². The molecule has 12 heteroatoms. The van der Waals surface area contributed by atoms with Crippen LogP contribution in [0.1, 0.15) is 5.69 Å². The van der Waals surface area contributed by atoms with Crippen LogP contribution in [0, 0.1) is 12.7 Å². The molecule has 0 fully saturated rings. The molecule has 0 unspecified atom stereocenters. The van der Waals surface area contributed by atoms with Crippen LogP contribution in [0.25, 0.3) is 0 Å². The number of anilines is 4. The average Bonchev–Trinajstić information content (AvgIpc) is 3.12. The van der Waals surface area contributed by atoms with Crippen molar-refractivity contribution < 1.29 is 12.8 Å². The maximum Gasteiger partial charge on any atom is 0.266 e. The van der Waals surface area contributed by atoms with E-state index < -0.39 is 20.7 Å². The first-order chi connectivity index (χ1) is 14.7. The van der Waals surface area contributed by atoms with Crippen LogP contribution in [0.15, 0.2) is 47.4 Å². The van der Waals surface area contributed by atoms with Gasteiger partial charge in [-0.05, 0) is 32.2 Å². The van der Waals surface area contributed by atoms with E-state index in [9.17, 15) is 12.8 Å². The number of hydrogen-bond acceptors (Lipinski definition) is 6. The molecule has 32 heavy (non-hydrogen) atoms. The summed E-state index contributed by atoms with van der Waals surface area (Å²) < 4.78 is 42.2. The van der Waals surface area contributed by atoms with Crippen molar-refractivity contribution in [2.45, 2.75) is 11.8 Å². The largest absolute Gasteiger partial charge is 0.372 e. The molecule has 2 aromatic carbocycles. The van der Waals surface area contributed by atoms with E-state index in [4.69, 9.17) is 11.6 Å². The third-order valence-electron chi connectivity index (χ3n) is 4.54. The molecule has 1 heterocycles. The SMILES string of the molecule is CNCCN(C)c1ccccc1Nc1cc(F)c(S(=O)(=O)Nc2cc(C)[nH]n2)cc1Cl.Cl. The minimum Gasteiger partial charge on any atom is -0.372 e. The number of rotatable bonds is 9. The van der Waals surface area contributed by atoms with Gasteiger partial charge < -0.3 is 15.5 Å². The lowest BCUT2D eigenvalue weighted by atomic mass is 10.2. The number of H-pyrrole nitrogens is 1. The van der Waals surface area contributed by atoms with Gasteiger partial charge in [-0.1, -0.05) is 23.7 Å². The van der Waals surface area contributed by atoms with Crippen LogP contribution >= 0.6 is 24.0 Å². The maximum atomic E-state index is 14.8. The molecule has 0 spiro atoms. The van der Waals surface area contributed by atoms with E-state index in [0.29, 0.717) is 11.4 Å². The molecule has 0 bridgehead atoms. The Bertz CT molecular complexity index is 1170. The fourth-order valence-electron chi connectivity index (χ4n) is 2.95. The molecule has 0 atom stereocenters. The van der Waals surface area contributed by atoms with Gasteiger partial charge in [-0.2, -0.15) is 5.10 Å². The van der Waals surface area contributed by atoms with E-state index in [1.165, 1.54) is 6.07 Å². The molecule has 0 aliphatic heterocycles. The molecule has 4 N–H and O–H groups in total. The number of likely N-dealkylation sites (N-methyl/N-ethyl adjacent to an activating group) is 2. The second-order valence-corrected chi connectivity index (χ2v) is 9.03. The summed E-state index contributed by atoms with van der Waals surface area (Å²) in [6.07, 6.45) is 0. The Labute approximate surface area is 198 Å². The van der Waals surface area contributed by atoms with E-state index in [0.717, 1.165) is 30.9 Å². The zero-order chi connectivity index (χ0) is 22.6. The number of aryl methyl sites for hydroxylation is 1. The summed E-state index contributed by atoms with van der Waals surface area (Å²) in [4.78, 5) is 1.47. The van der Waals surface area contributed by atoms with Crippen molar-refractivity contribution in [3.05, 3.63) is 59.0 Å². The topological polar surface area (TPSA) is 102 Å². The average molecular weight is 503 g/mol. The zero-order valence-electron chi connectivity index (χ0n) is 17.7. The lowest BCUT2D eigenvalue weighted by molar-refractivity contribution is 0.570. The molecule has 1 aromatic heterocycles. The van der Waals surface area contributed by atoms with Crippen molar-refractivity contribution >= 4 is 56.9 Å². The predicted molar refractivity (Wildman–Crippen MR) is 130 cm³/mol. The molecule has 174 valence electrons. The highest BCUT2D eigenvalue weighted by Gasteiger charge is 2.23. The van der Waals surface area contributed by atoms with Gasteiger partial charge in [0.05, 0.1) is 22.1 Å². The number of aromatic amines is 1. The molecule has 0 saturated carbocycles. The Morgan fingerprint density at radius 1 is 1.19 bits per heavy atom. The highest BCUT2D eigenvalue weighted by molar-refractivity contribution is 7.92. The van der Waals surface area contributed by atoms with Crippen molar-refractivity contribution in [3.63, 3.8) is 0 Å². The summed E-state index contributed by atoms with van der Waals surface area (Å²) in [5.41, 5.74) is 2.52. The zero-order valence-corrected chi connectivity index (χ0v) is 20.1. The summed E-state index contributed by atoms with van der Waals surface area (Å²) in [7, 11) is -0.394. The van der Waals surface area contributed by atoms with E-state index in [1.54, 1.807) is 6.92 Å². The standard InChI is InChI=1S/C20H24ClFN6O2S.ClH/c1-13-10-20(26-25-13)27-31(29,30)19-11-14(21)17(12-15(19)22)24-16-6-4-5-7-18(16)28(3)9-8-23-2;/h4-7,10-12,23-24H,8-9H2,1-3H3,(H2,25,26,27);1H. The summed E-state index contributed by atoms with van der Waals surface area (Å²) >= 11 is 6.31. The number of sulfonamides is 1. The maximum absolute atomic E-state index is 14.8. The lowest BCUT2D eigenvalue weighted by Crippen LogP contribution is -2.27. The quantitative estimate of drug-likeness (QED) is 0.350. The summed E-state index contributed by atoms with van der Waals surface area (Å²) in [6.45, 7) is 3.26. The van der Waals surface area contributed by atoms with Crippen LogP contribution in [0.5, 0.6) is 0 Å². The Kier molecular flexibility index (Phi) is 8.73. The normalized spacial score (nSPS) is 11.0. The summed E-state index contributed by atoms with van der Waals surface area (Å²) in [5.74, 6) is -0.874. The van der Waals surface area contributed by atoms with Crippen LogP contribution in [0.2, 0.25) is 5.02 Å². The van der Waals surface area contributed by atoms with E-state index in [1.807, 2.05) is 43.3 Å². The van der Waals surface area contributed by atoms with Gasteiger partial charge in [0, 0.05) is 38.0 Å². The third-order valence-corrected chi connectivity index (χ3v) is 6.22. The Morgan fingerprint density at radius 3 is 2.56 bits per heavy atom. The second kappa shape index (κ2) is 10.9. The number of nitrogens with zero attached hydrogens (tertiary/aromatic N) is 2. The number of halogens is 3. The van der Waals surface area contributed by atoms with Crippen molar-refractivity contribution in [2.75, 3.05) is 42.1 Å². The lowest BCUT2D eigenvalue weighted by Gasteiger charge is -2.23. The Balaban J connectivity index is 0.00000363. The van der Waals surface area contributed by atoms with Crippen molar-refractivity contribution in [1.29, 1.82) is 0 Å². The minimum absolute atomic E-state index is 0. The number of aromatic nitrogens is 2. The van der Waals surface area contributed by atoms with Crippen molar-refractivity contribution in [3.8, 4) is 0 Å². The van der Waals surface area contributed by atoms with Gasteiger partial charge in [-0.15, -0.1) is 12.4 Å². The van der Waals surface area contributed by atoms with Crippen LogP contribution in [-0.2, 0) is 10.0 Å². The number of para-hydroxylation sites is 2. The van der Waals surface area contributed by atoms with Crippen molar-refractivity contribution in [2.24, 2.45) is 0 Å². The highest BCUT2D eigenvalue weighted by atomic mass is 35.5. The minimum atomic E-state index is -4.21. The molecule has 0 amide bonds. The molecule has 0 aliphatic rings. The van der Waals surface area contributed by atoms with Gasteiger partial charge in [0.25, 0.3) is 10.0 Å². The predicted octanol–water partition coefficient (Wildman–Crippen LogP) is 4.13. The molecule has 0 aliphatic carbocycles.